The molecule has 3 rings (SSSR count). The summed E-state index contributed by atoms with van der Waals surface area (Å²) in [5, 5.41) is 0. The van der Waals surface area contributed by atoms with Crippen LogP contribution < -0.4 is 0 Å². The summed E-state index contributed by atoms with van der Waals surface area (Å²) in [4.78, 5) is 0. The van der Waals surface area contributed by atoms with E-state index in [4.69, 9.17) is 0 Å². The SMILES string of the molecule is CC1C2=C(CC=C2)C2=C1C=CC2. The molecule has 0 aromatic rings. The van der Waals surface area contributed by atoms with Gasteiger partial charge in [-0.1, -0.05) is 31.2 Å². The van der Waals surface area contributed by atoms with Crippen molar-refractivity contribution in [3.05, 3.63) is 46.6 Å². The molecule has 12 heavy (non-hydrogen) atoms. The standard InChI is InChI=1S/C12H12/c1-8-9-4-2-6-11(9)12-7-3-5-10(8)12/h2-5,8H,6-7H2,1H3. The van der Waals surface area contributed by atoms with Crippen molar-refractivity contribution >= 4 is 0 Å². The highest BCUT2D eigenvalue weighted by Gasteiger charge is 2.30. The molecule has 0 bridgehead atoms. The molecule has 0 atom stereocenters. The summed E-state index contributed by atoms with van der Waals surface area (Å²) in [5.74, 6) is 0.674. The second-order valence-electron chi connectivity index (χ2n) is 3.80. The van der Waals surface area contributed by atoms with Crippen LogP contribution in [0, 0.1) is 5.92 Å². The quantitative estimate of drug-likeness (QED) is 0.505. The average Bonchev–Trinajstić information content (AvgIpc) is 2.72. The van der Waals surface area contributed by atoms with Gasteiger partial charge in [-0.3, -0.25) is 0 Å². The second kappa shape index (κ2) is 2.01. The van der Waals surface area contributed by atoms with Crippen LogP contribution in [-0.4, -0.2) is 0 Å². The minimum atomic E-state index is 0.674. The molecule has 0 heterocycles. The van der Waals surface area contributed by atoms with Gasteiger partial charge in [0.25, 0.3) is 0 Å². The predicted octanol–water partition coefficient (Wildman–Crippen LogP) is 3.15. The first-order valence-electron chi connectivity index (χ1n) is 4.67. The van der Waals surface area contributed by atoms with E-state index in [1.165, 1.54) is 12.8 Å². The summed E-state index contributed by atoms with van der Waals surface area (Å²) in [5.41, 5.74) is 6.43. The van der Waals surface area contributed by atoms with Crippen LogP contribution in [0.2, 0.25) is 0 Å². The highest BCUT2D eigenvalue weighted by molar-refractivity contribution is 5.62. The Kier molecular flexibility index (Phi) is 1.08. The Morgan fingerprint density at radius 2 is 1.50 bits per heavy atom. The lowest BCUT2D eigenvalue weighted by Crippen LogP contribution is -1.93. The molecule has 0 saturated heterocycles. The average molecular weight is 156 g/mol. The van der Waals surface area contributed by atoms with Gasteiger partial charge in [-0.05, 0) is 35.1 Å². The van der Waals surface area contributed by atoms with Crippen molar-refractivity contribution in [1.82, 2.24) is 0 Å². The molecule has 0 fully saturated rings. The maximum atomic E-state index is 2.32. The largest absolute Gasteiger partial charge is 0.0798 e. The minimum absolute atomic E-state index is 0.674. The van der Waals surface area contributed by atoms with Crippen molar-refractivity contribution in [2.75, 3.05) is 0 Å². The highest BCUT2D eigenvalue weighted by atomic mass is 14.3. The van der Waals surface area contributed by atoms with Crippen LogP contribution in [-0.2, 0) is 0 Å². The van der Waals surface area contributed by atoms with Gasteiger partial charge in [-0.15, -0.1) is 0 Å². The summed E-state index contributed by atoms with van der Waals surface area (Å²) < 4.78 is 0. The van der Waals surface area contributed by atoms with Gasteiger partial charge in [0.15, 0.2) is 0 Å². The Morgan fingerprint density at radius 3 is 2.00 bits per heavy atom. The van der Waals surface area contributed by atoms with Gasteiger partial charge in [-0.25, -0.2) is 0 Å². The summed E-state index contributed by atoms with van der Waals surface area (Å²) in [6.45, 7) is 2.32. The third-order valence-corrected chi connectivity index (χ3v) is 3.23. The van der Waals surface area contributed by atoms with Gasteiger partial charge in [0.05, 0.1) is 0 Å². The first-order valence-corrected chi connectivity index (χ1v) is 4.67. The highest BCUT2D eigenvalue weighted by Crippen LogP contribution is 2.46. The molecular weight excluding hydrogens is 144 g/mol. The summed E-state index contributed by atoms with van der Waals surface area (Å²) >= 11 is 0. The lowest BCUT2D eigenvalue weighted by molar-refractivity contribution is 0.868. The van der Waals surface area contributed by atoms with E-state index in [2.05, 4.69) is 31.2 Å². The number of fused-ring (bicyclic) bond motifs is 1. The summed E-state index contributed by atoms with van der Waals surface area (Å²) in [6.07, 6.45) is 11.6. The third-order valence-electron chi connectivity index (χ3n) is 3.23. The monoisotopic (exact) mass is 156 g/mol. The lowest BCUT2D eigenvalue weighted by Gasteiger charge is -2.06. The molecule has 0 radical (unpaired) electrons. The zero-order chi connectivity index (χ0) is 8.13. The van der Waals surface area contributed by atoms with Gasteiger partial charge < -0.3 is 0 Å². The van der Waals surface area contributed by atoms with Gasteiger partial charge in [0.1, 0.15) is 0 Å². The van der Waals surface area contributed by atoms with Gasteiger partial charge in [0.2, 0.25) is 0 Å². The zero-order valence-corrected chi connectivity index (χ0v) is 7.30. The molecule has 0 spiro atoms. The minimum Gasteiger partial charge on any atom is -0.0798 e. The first-order chi connectivity index (χ1) is 5.88. The molecule has 0 nitrogen and oxygen atoms in total. The number of rotatable bonds is 0. The predicted molar refractivity (Wildman–Crippen MR) is 50.7 cm³/mol. The molecule has 0 amide bonds. The van der Waals surface area contributed by atoms with Gasteiger partial charge in [-0.2, -0.15) is 0 Å². The fraction of sp³-hybridized carbons (Fsp3) is 0.333. The van der Waals surface area contributed by atoms with E-state index in [0.29, 0.717) is 5.92 Å². The van der Waals surface area contributed by atoms with Crippen LogP contribution in [0.3, 0.4) is 0 Å². The number of hydrogen-bond acceptors (Lipinski definition) is 0. The smallest absolute Gasteiger partial charge is 0.00666 e. The molecule has 0 saturated carbocycles. The molecule has 60 valence electrons. The van der Waals surface area contributed by atoms with Crippen molar-refractivity contribution in [2.45, 2.75) is 19.8 Å². The Bertz CT molecular complexity index is 325. The molecule has 0 heteroatoms. The molecule has 0 unspecified atom stereocenters. The maximum Gasteiger partial charge on any atom is 0.00666 e. The second-order valence-corrected chi connectivity index (χ2v) is 3.80. The Hall–Kier alpha value is -1.04. The van der Waals surface area contributed by atoms with E-state index in [-0.39, 0.29) is 0 Å². The molecule has 0 aliphatic heterocycles. The van der Waals surface area contributed by atoms with Crippen molar-refractivity contribution in [3.63, 3.8) is 0 Å². The van der Waals surface area contributed by atoms with Crippen LogP contribution in [0.1, 0.15) is 19.8 Å². The normalized spacial score (nSPS) is 26.1. The van der Waals surface area contributed by atoms with E-state index in [0.717, 1.165) is 0 Å². The molecule has 0 N–H and O–H groups in total. The molecule has 3 aliphatic carbocycles. The van der Waals surface area contributed by atoms with Crippen molar-refractivity contribution in [2.24, 2.45) is 5.92 Å². The first kappa shape index (κ1) is 6.47. The Morgan fingerprint density at radius 1 is 1.00 bits per heavy atom. The lowest BCUT2D eigenvalue weighted by atomic mass is 9.98. The van der Waals surface area contributed by atoms with Crippen LogP contribution in [0.25, 0.3) is 0 Å². The number of hydrogen-bond donors (Lipinski definition) is 0. The fourth-order valence-electron chi connectivity index (χ4n) is 2.62. The summed E-state index contributed by atoms with van der Waals surface area (Å²) in [7, 11) is 0. The van der Waals surface area contributed by atoms with Crippen molar-refractivity contribution in [3.8, 4) is 0 Å². The van der Waals surface area contributed by atoms with Crippen molar-refractivity contribution < 1.29 is 0 Å². The van der Waals surface area contributed by atoms with E-state index < -0.39 is 0 Å². The van der Waals surface area contributed by atoms with Gasteiger partial charge >= 0.3 is 0 Å². The molecule has 0 aromatic heterocycles. The van der Waals surface area contributed by atoms with E-state index in [9.17, 15) is 0 Å². The van der Waals surface area contributed by atoms with Crippen LogP contribution >= 0.6 is 0 Å². The third kappa shape index (κ3) is 0.592. The van der Waals surface area contributed by atoms with Crippen LogP contribution in [0.15, 0.2) is 46.6 Å². The zero-order valence-electron chi connectivity index (χ0n) is 7.30. The molecule has 3 aliphatic rings. The van der Waals surface area contributed by atoms with Crippen LogP contribution in [0.4, 0.5) is 0 Å². The summed E-state index contributed by atoms with van der Waals surface area (Å²) in [6, 6.07) is 0. The van der Waals surface area contributed by atoms with Gasteiger partial charge in [0, 0.05) is 5.92 Å². The topological polar surface area (TPSA) is 0 Å². The van der Waals surface area contributed by atoms with E-state index in [1.807, 2.05) is 0 Å². The number of allylic oxidation sites excluding steroid dienone is 8. The Balaban J connectivity index is 2.14. The molecule has 0 aromatic carbocycles. The Labute approximate surface area is 73.0 Å². The van der Waals surface area contributed by atoms with E-state index >= 15 is 0 Å². The van der Waals surface area contributed by atoms with Crippen molar-refractivity contribution in [1.29, 1.82) is 0 Å². The van der Waals surface area contributed by atoms with Crippen LogP contribution in [0.5, 0.6) is 0 Å². The maximum absolute atomic E-state index is 2.32. The molecular formula is C12H12. The fourth-order valence-corrected chi connectivity index (χ4v) is 2.62. The van der Waals surface area contributed by atoms with E-state index in [1.54, 1.807) is 22.3 Å².